The van der Waals surface area contributed by atoms with E-state index in [1.54, 1.807) is 13.8 Å². The van der Waals surface area contributed by atoms with Gasteiger partial charge in [0.15, 0.2) is 0 Å². The van der Waals surface area contributed by atoms with Crippen molar-refractivity contribution < 1.29 is 13.6 Å². The van der Waals surface area contributed by atoms with Crippen molar-refractivity contribution in [1.29, 1.82) is 0 Å². The molecule has 0 unspecified atom stereocenters. The predicted molar refractivity (Wildman–Crippen MR) is 77.5 cm³/mol. The summed E-state index contributed by atoms with van der Waals surface area (Å²) in [5.41, 5.74) is 1.50. The average Bonchev–Trinajstić information content (AvgIpc) is 2.70. The van der Waals surface area contributed by atoms with Crippen molar-refractivity contribution in [3.8, 4) is 0 Å². The summed E-state index contributed by atoms with van der Waals surface area (Å²) in [6.07, 6.45) is 3.93. The van der Waals surface area contributed by atoms with Crippen LogP contribution in [0.1, 0.15) is 19.5 Å². The van der Waals surface area contributed by atoms with Crippen LogP contribution in [0, 0.1) is 0 Å². The third kappa shape index (κ3) is 3.66. The Labute approximate surface area is 120 Å². The van der Waals surface area contributed by atoms with Crippen LogP contribution >= 0.6 is 23.5 Å². The standard InChI is InChI=1S/C12H16BrN2O3P/c1-3-17-19(16,18-4-2)9-11-8-15-7-10(13)5-6-12(15)14-11/h5-8H,3-4,9H2,1-2H3. The molecule has 0 fully saturated rings. The fourth-order valence-corrected chi connectivity index (χ4v) is 3.76. The number of halogens is 1. The maximum Gasteiger partial charge on any atom is 0.336 e. The van der Waals surface area contributed by atoms with E-state index in [4.69, 9.17) is 9.05 Å². The van der Waals surface area contributed by atoms with Crippen molar-refractivity contribution in [2.24, 2.45) is 0 Å². The van der Waals surface area contributed by atoms with Gasteiger partial charge in [-0.1, -0.05) is 0 Å². The van der Waals surface area contributed by atoms with E-state index in [2.05, 4.69) is 20.9 Å². The molecule has 7 heteroatoms. The van der Waals surface area contributed by atoms with Crippen LogP contribution < -0.4 is 0 Å². The second kappa shape index (κ2) is 6.18. The Hall–Kier alpha value is -0.680. The first kappa shape index (κ1) is 14.7. The van der Waals surface area contributed by atoms with Crippen LogP contribution in [0.3, 0.4) is 0 Å². The number of aromatic nitrogens is 2. The molecule has 2 aromatic heterocycles. The Morgan fingerprint density at radius 3 is 2.58 bits per heavy atom. The van der Waals surface area contributed by atoms with Crippen LogP contribution in [0.4, 0.5) is 0 Å². The van der Waals surface area contributed by atoms with Crippen molar-refractivity contribution in [1.82, 2.24) is 9.38 Å². The van der Waals surface area contributed by atoms with Crippen molar-refractivity contribution in [2.75, 3.05) is 13.2 Å². The van der Waals surface area contributed by atoms with Crippen LogP contribution in [0.15, 0.2) is 29.0 Å². The van der Waals surface area contributed by atoms with Crippen LogP contribution in [-0.4, -0.2) is 22.6 Å². The molecule has 0 saturated heterocycles. The molecule has 0 saturated carbocycles. The van der Waals surface area contributed by atoms with E-state index in [1.807, 2.05) is 28.9 Å². The number of fused-ring (bicyclic) bond motifs is 1. The molecular formula is C12H16BrN2O3P. The Balaban J connectivity index is 2.26. The Morgan fingerprint density at radius 1 is 1.26 bits per heavy atom. The maximum absolute atomic E-state index is 12.4. The summed E-state index contributed by atoms with van der Waals surface area (Å²) in [6, 6.07) is 3.80. The van der Waals surface area contributed by atoms with Gasteiger partial charge in [-0.05, 0) is 41.9 Å². The van der Waals surface area contributed by atoms with Gasteiger partial charge in [-0.2, -0.15) is 0 Å². The van der Waals surface area contributed by atoms with E-state index in [9.17, 15) is 4.57 Å². The molecule has 0 atom stereocenters. The number of hydrogen-bond donors (Lipinski definition) is 0. The van der Waals surface area contributed by atoms with Gasteiger partial charge < -0.3 is 13.4 Å². The fourth-order valence-electron chi connectivity index (χ4n) is 1.81. The Morgan fingerprint density at radius 2 is 1.95 bits per heavy atom. The number of rotatable bonds is 6. The van der Waals surface area contributed by atoms with Gasteiger partial charge in [0.25, 0.3) is 0 Å². The van der Waals surface area contributed by atoms with Gasteiger partial charge in [-0.25, -0.2) is 4.98 Å². The average molecular weight is 347 g/mol. The highest BCUT2D eigenvalue weighted by Gasteiger charge is 2.25. The summed E-state index contributed by atoms with van der Waals surface area (Å²) in [6.45, 7) is 4.31. The van der Waals surface area contributed by atoms with Crippen molar-refractivity contribution in [3.63, 3.8) is 0 Å². The molecule has 0 amide bonds. The maximum atomic E-state index is 12.4. The SMILES string of the molecule is CCOP(=O)(Cc1cn2cc(Br)ccc2n1)OCC. The summed E-state index contributed by atoms with van der Waals surface area (Å²) < 4.78 is 25.8. The Kier molecular flexibility index (Phi) is 4.79. The van der Waals surface area contributed by atoms with E-state index in [0.29, 0.717) is 18.9 Å². The zero-order chi connectivity index (χ0) is 13.9. The predicted octanol–water partition coefficient (Wildman–Crippen LogP) is 3.86. The quantitative estimate of drug-likeness (QED) is 0.745. The number of hydrogen-bond acceptors (Lipinski definition) is 4. The summed E-state index contributed by atoms with van der Waals surface area (Å²) in [4.78, 5) is 4.41. The third-order valence-corrected chi connectivity index (χ3v) is 4.96. The largest absolute Gasteiger partial charge is 0.336 e. The zero-order valence-corrected chi connectivity index (χ0v) is 13.4. The smallest absolute Gasteiger partial charge is 0.309 e. The van der Waals surface area contributed by atoms with E-state index in [1.165, 1.54) is 0 Å². The highest BCUT2D eigenvalue weighted by atomic mass is 79.9. The normalized spacial score (nSPS) is 12.2. The van der Waals surface area contributed by atoms with Crippen LogP contribution in [-0.2, 0) is 19.8 Å². The molecule has 2 rings (SSSR count). The second-order valence-electron chi connectivity index (χ2n) is 3.95. The first-order valence-electron chi connectivity index (χ1n) is 6.07. The monoisotopic (exact) mass is 346 g/mol. The highest BCUT2D eigenvalue weighted by Crippen LogP contribution is 2.51. The van der Waals surface area contributed by atoms with Gasteiger partial charge >= 0.3 is 7.60 Å². The van der Waals surface area contributed by atoms with Gasteiger partial charge in [-0.3, -0.25) is 4.57 Å². The zero-order valence-electron chi connectivity index (χ0n) is 10.9. The van der Waals surface area contributed by atoms with Crippen molar-refractivity contribution in [2.45, 2.75) is 20.0 Å². The highest BCUT2D eigenvalue weighted by molar-refractivity contribution is 9.10. The lowest BCUT2D eigenvalue weighted by atomic mass is 10.5. The lowest BCUT2D eigenvalue weighted by Crippen LogP contribution is -1.99. The molecule has 0 aliphatic rings. The molecule has 2 aromatic rings. The molecule has 0 aliphatic carbocycles. The molecule has 0 bridgehead atoms. The molecule has 0 aromatic carbocycles. The molecule has 0 aliphatic heterocycles. The first-order valence-corrected chi connectivity index (χ1v) is 8.59. The van der Waals surface area contributed by atoms with Gasteiger partial charge in [0.05, 0.1) is 25.1 Å². The molecule has 2 heterocycles. The molecule has 5 nitrogen and oxygen atoms in total. The summed E-state index contributed by atoms with van der Waals surface area (Å²) in [5.74, 6) is 0. The number of imidazole rings is 1. The molecule has 0 N–H and O–H groups in total. The van der Waals surface area contributed by atoms with E-state index in [0.717, 1.165) is 10.1 Å². The van der Waals surface area contributed by atoms with Crippen LogP contribution in [0.25, 0.3) is 5.65 Å². The Bertz CT molecular complexity index is 604. The van der Waals surface area contributed by atoms with Gasteiger partial charge in [0, 0.05) is 16.9 Å². The minimum atomic E-state index is -3.10. The van der Waals surface area contributed by atoms with Gasteiger partial charge in [0.2, 0.25) is 0 Å². The minimum absolute atomic E-state index is 0.188. The summed E-state index contributed by atoms with van der Waals surface area (Å²) in [7, 11) is -3.10. The molecule has 19 heavy (non-hydrogen) atoms. The molecule has 0 spiro atoms. The van der Waals surface area contributed by atoms with Crippen molar-refractivity contribution >= 4 is 29.2 Å². The first-order chi connectivity index (χ1) is 9.06. The van der Waals surface area contributed by atoms with E-state index in [-0.39, 0.29) is 6.16 Å². The second-order valence-corrected chi connectivity index (χ2v) is 6.92. The van der Waals surface area contributed by atoms with Crippen LogP contribution in [0.5, 0.6) is 0 Å². The molecule has 0 radical (unpaired) electrons. The van der Waals surface area contributed by atoms with E-state index < -0.39 is 7.60 Å². The lowest BCUT2D eigenvalue weighted by Gasteiger charge is -2.15. The van der Waals surface area contributed by atoms with Gasteiger partial charge in [-0.15, -0.1) is 0 Å². The summed E-state index contributed by atoms with van der Waals surface area (Å²) >= 11 is 3.40. The summed E-state index contributed by atoms with van der Waals surface area (Å²) in [5, 5.41) is 0. The topological polar surface area (TPSA) is 52.8 Å². The number of pyridine rings is 1. The number of nitrogens with zero attached hydrogens (tertiary/aromatic N) is 2. The fraction of sp³-hybridized carbons (Fsp3) is 0.417. The van der Waals surface area contributed by atoms with Crippen molar-refractivity contribution in [3.05, 3.63) is 34.7 Å². The lowest BCUT2D eigenvalue weighted by molar-refractivity contribution is 0.219. The third-order valence-electron chi connectivity index (χ3n) is 2.47. The van der Waals surface area contributed by atoms with Crippen LogP contribution in [0.2, 0.25) is 0 Å². The van der Waals surface area contributed by atoms with Gasteiger partial charge in [0.1, 0.15) is 5.65 Å². The molecule has 104 valence electrons. The minimum Gasteiger partial charge on any atom is -0.309 e. The van der Waals surface area contributed by atoms with E-state index >= 15 is 0 Å². The molecular weight excluding hydrogens is 331 g/mol.